The van der Waals surface area contributed by atoms with Crippen molar-refractivity contribution in [2.75, 3.05) is 26.9 Å². The largest absolute Gasteiger partial charge is 0.493 e. The molecule has 0 spiro atoms. The first kappa shape index (κ1) is 17.8. The van der Waals surface area contributed by atoms with E-state index in [0.29, 0.717) is 25.7 Å². The van der Waals surface area contributed by atoms with Crippen LogP contribution in [0.3, 0.4) is 0 Å². The summed E-state index contributed by atoms with van der Waals surface area (Å²) in [6, 6.07) is 10.1. The van der Waals surface area contributed by atoms with Gasteiger partial charge in [-0.15, -0.1) is 0 Å². The number of carbonyl (C=O) groups is 1. The fourth-order valence-electron chi connectivity index (χ4n) is 3.20. The zero-order valence-corrected chi connectivity index (χ0v) is 14.2. The van der Waals surface area contributed by atoms with E-state index in [2.05, 4.69) is 4.90 Å². The van der Waals surface area contributed by atoms with Crippen LogP contribution in [0, 0.1) is 0 Å². The van der Waals surface area contributed by atoms with Gasteiger partial charge in [0.2, 0.25) is 5.91 Å². The summed E-state index contributed by atoms with van der Waals surface area (Å²) in [7, 11) is 1.71. The lowest BCUT2D eigenvalue weighted by Crippen LogP contribution is -2.42. The molecule has 1 aliphatic rings. The van der Waals surface area contributed by atoms with Gasteiger partial charge in [-0.25, -0.2) is 0 Å². The SMILES string of the molecule is COCCCN(C(=O)CCOc1ccccc1)C1CCCCC1. The van der Waals surface area contributed by atoms with Crippen molar-refractivity contribution in [2.45, 2.75) is 51.0 Å². The highest BCUT2D eigenvalue weighted by Gasteiger charge is 2.24. The number of amides is 1. The van der Waals surface area contributed by atoms with Gasteiger partial charge in [-0.05, 0) is 31.4 Å². The molecule has 128 valence electrons. The zero-order chi connectivity index (χ0) is 16.3. The number of ether oxygens (including phenoxy) is 2. The lowest BCUT2D eigenvalue weighted by Gasteiger charge is -2.34. The number of hydrogen-bond donors (Lipinski definition) is 0. The van der Waals surface area contributed by atoms with Crippen molar-refractivity contribution in [3.8, 4) is 5.75 Å². The summed E-state index contributed by atoms with van der Waals surface area (Å²) >= 11 is 0. The number of carbonyl (C=O) groups excluding carboxylic acids is 1. The number of hydrogen-bond acceptors (Lipinski definition) is 3. The van der Waals surface area contributed by atoms with Gasteiger partial charge in [0.25, 0.3) is 0 Å². The van der Waals surface area contributed by atoms with Gasteiger partial charge in [-0.2, -0.15) is 0 Å². The number of nitrogens with zero attached hydrogens (tertiary/aromatic N) is 1. The first-order chi connectivity index (χ1) is 11.3. The summed E-state index contributed by atoms with van der Waals surface area (Å²) in [4.78, 5) is 14.7. The molecule has 1 saturated carbocycles. The smallest absolute Gasteiger partial charge is 0.226 e. The second-order valence-electron chi connectivity index (χ2n) is 6.14. The molecule has 0 N–H and O–H groups in total. The maximum atomic E-state index is 12.6. The molecule has 1 aromatic rings. The summed E-state index contributed by atoms with van der Waals surface area (Å²) in [5, 5.41) is 0. The number of para-hydroxylation sites is 1. The zero-order valence-electron chi connectivity index (χ0n) is 14.2. The van der Waals surface area contributed by atoms with Gasteiger partial charge < -0.3 is 14.4 Å². The molecule has 4 nitrogen and oxygen atoms in total. The summed E-state index contributed by atoms with van der Waals surface area (Å²) in [6.45, 7) is 1.94. The number of benzene rings is 1. The maximum absolute atomic E-state index is 12.6. The second-order valence-corrected chi connectivity index (χ2v) is 6.14. The van der Waals surface area contributed by atoms with E-state index >= 15 is 0 Å². The Hall–Kier alpha value is -1.55. The van der Waals surface area contributed by atoms with Crippen molar-refractivity contribution in [1.29, 1.82) is 0 Å². The van der Waals surface area contributed by atoms with Crippen molar-refractivity contribution < 1.29 is 14.3 Å². The fraction of sp³-hybridized carbons (Fsp3) is 0.632. The number of rotatable bonds is 9. The molecular weight excluding hydrogens is 290 g/mol. The minimum atomic E-state index is 0.212. The Morgan fingerprint density at radius 2 is 1.87 bits per heavy atom. The third kappa shape index (κ3) is 6.22. The van der Waals surface area contributed by atoms with Crippen molar-refractivity contribution in [1.82, 2.24) is 4.90 Å². The molecule has 0 unspecified atom stereocenters. The quantitative estimate of drug-likeness (QED) is 0.652. The molecule has 1 aromatic carbocycles. The molecule has 4 heteroatoms. The van der Waals surface area contributed by atoms with Gasteiger partial charge in [0.05, 0.1) is 13.0 Å². The molecule has 0 atom stereocenters. The van der Waals surface area contributed by atoms with Crippen molar-refractivity contribution in [3.63, 3.8) is 0 Å². The molecular formula is C19H29NO3. The minimum absolute atomic E-state index is 0.212. The fourth-order valence-corrected chi connectivity index (χ4v) is 3.20. The van der Waals surface area contributed by atoms with Crippen LogP contribution in [-0.4, -0.2) is 43.7 Å². The normalized spacial score (nSPS) is 15.3. The molecule has 0 aliphatic heterocycles. The Bertz CT molecular complexity index is 443. The maximum Gasteiger partial charge on any atom is 0.226 e. The average molecular weight is 319 g/mol. The first-order valence-electron chi connectivity index (χ1n) is 8.77. The predicted molar refractivity (Wildman–Crippen MR) is 91.6 cm³/mol. The molecule has 1 aliphatic carbocycles. The van der Waals surface area contributed by atoms with Crippen LogP contribution in [0.2, 0.25) is 0 Å². The molecule has 0 bridgehead atoms. The van der Waals surface area contributed by atoms with Crippen molar-refractivity contribution in [2.24, 2.45) is 0 Å². The van der Waals surface area contributed by atoms with E-state index in [1.54, 1.807) is 7.11 Å². The van der Waals surface area contributed by atoms with Crippen molar-refractivity contribution >= 4 is 5.91 Å². The lowest BCUT2D eigenvalue weighted by molar-refractivity contribution is -0.135. The van der Waals surface area contributed by atoms with E-state index in [1.165, 1.54) is 19.3 Å². The van der Waals surface area contributed by atoms with Crippen LogP contribution in [0.1, 0.15) is 44.9 Å². The van der Waals surface area contributed by atoms with Crippen LogP contribution in [0.25, 0.3) is 0 Å². The molecule has 0 saturated heterocycles. The average Bonchev–Trinajstić information content (AvgIpc) is 2.60. The van der Waals surface area contributed by atoms with E-state index < -0.39 is 0 Å². The van der Waals surface area contributed by atoms with Gasteiger partial charge in [0, 0.05) is 26.3 Å². The minimum Gasteiger partial charge on any atom is -0.493 e. The Balaban J connectivity index is 1.82. The summed E-state index contributed by atoms with van der Waals surface area (Å²) in [5.41, 5.74) is 0. The molecule has 1 fully saturated rings. The van der Waals surface area contributed by atoms with Crippen LogP contribution in [0.15, 0.2) is 30.3 Å². The van der Waals surface area contributed by atoms with Crippen LogP contribution in [0.5, 0.6) is 5.75 Å². The Morgan fingerprint density at radius 1 is 1.13 bits per heavy atom. The lowest BCUT2D eigenvalue weighted by atomic mass is 9.94. The van der Waals surface area contributed by atoms with Gasteiger partial charge >= 0.3 is 0 Å². The summed E-state index contributed by atoms with van der Waals surface area (Å²) in [5.74, 6) is 1.04. The third-order valence-electron chi connectivity index (χ3n) is 4.41. The van der Waals surface area contributed by atoms with E-state index in [1.807, 2.05) is 30.3 Å². The standard InChI is InChI=1S/C19H29NO3/c1-22-15-8-14-20(17-9-4-2-5-10-17)19(21)13-16-23-18-11-6-3-7-12-18/h3,6-7,11-12,17H,2,4-5,8-10,13-16H2,1H3. The van der Waals surface area contributed by atoms with E-state index in [-0.39, 0.29) is 5.91 Å². The predicted octanol–water partition coefficient (Wildman–Crippen LogP) is 3.65. The monoisotopic (exact) mass is 319 g/mol. The Morgan fingerprint density at radius 3 is 2.57 bits per heavy atom. The Kier molecular flexibility index (Phi) is 7.95. The van der Waals surface area contributed by atoms with Gasteiger partial charge in [0.15, 0.2) is 0 Å². The first-order valence-corrected chi connectivity index (χ1v) is 8.77. The molecule has 2 rings (SSSR count). The molecule has 0 aromatic heterocycles. The van der Waals surface area contributed by atoms with Crippen LogP contribution < -0.4 is 4.74 Å². The Labute approximate surface area is 139 Å². The molecule has 1 amide bonds. The van der Waals surface area contributed by atoms with Gasteiger partial charge in [-0.1, -0.05) is 37.5 Å². The third-order valence-corrected chi connectivity index (χ3v) is 4.41. The molecule has 0 heterocycles. The highest BCUT2D eigenvalue weighted by atomic mass is 16.5. The van der Waals surface area contributed by atoms with Crippen LogP contribution in [-0.2, 0) is 9.53 Å². The summed E-state index contributed by atoms with van der Waals surface area (Å²) < 4.78 is 10.8. The second kappa shape index (κ2) is 10.3. The molecule has 0 radical (unpaired) electrons. The van der Waals surface area contributed by atoms with Crippen LogP contribution in [0.4, 0.5) is 0 Å². The summed E-state index contributed by atoms with van der Waals surface area (Å²) in [6.07, 6.45) is 7.39. The van der Waals surface area contributed by atoms with E-state index in [4.69, 9.17) is 9.47 Å². The van der Waals surface area contributed by atoms with Crippen LogP contribution >= 0.6 is 0 Å². The highest BCUT2D eigenvalue weighted by molar-refractivity contribution is 5.76. The van der Waals surface area contributed by atoms with E-state index in [0.717, 1.165) is 31.6 Å². The van der Waals surface area contributed by atoms with Gasteiger partial charge in [0.1, 0.15) is 5.75 Å². The topological polar surface area (TPSA) is 38.8 Å². The van der Waals surface area contributed by atoms with Gasteiger partial charge in [-0.3, -0.25) is 4.79 Å². The number of methoxy groups -OCH3 is 1. The van der Waals surface area contributed by atoms with Crippen molar-refractivity contribution in [3.05, 3.63) is 30.3 Å². The molecule has 23 heavy (non-hydrogen) atoms. The van der Waals surface area contributed by atoms with E-state index in [9.17, 15) is 4.79 Å². The highest BCUT2D eigenvalue weighted by Crippen LogP contribution is 2.23.